The van der Waals surface area contributed by atoms with E-state index in [1.54, 1.807) is 7.11 Å². The third kappa shape index (κ3) is 2.07. The van der Waals surface area contributed by atoms with Crippen LogP contribution >= 0.6 is 0 Å². The number of aromatic nitrogens is 2. The molecule has 1 N–H and O–H groups in total. The van der Waals surface area contributed by atoms with E-state index in [1.165, 1.54) is 23.4 Å². The van der Waals surface area contributed by atoms with E-state index in [1.807, 2.05) is 0 Å². The fraction of sp³-hybridized carbons (Fsp3) is 0.733. The Kier molecular flexibility index (Phi) is 3.31. The molecule has 1 aliphatic heterocycles. The Morgan fingerprint density at radius 2 is 2.05 bits per heavy atom. The summed E-state index contributed by atoms with van der Waals surface area (Å²) >= 11 is 0. The summed E-state index contributed by atoms with van der Waals surface area (Å²) in [6, 6.07) is 0. The van der Waals surface area contributed by atoms with Gasteiger partial charge in [-0.25, -0.2) is 9.97 Å². The number of hydrogen-bond donors (Lipinski definition) is 1. The van der Waals surface area contributed by atoms with E-state index in [0.717, 1.165) is 38.2 Å². The summed E-state index contributed by atoms with van der Waals surface area (Å²) < 4.78 is 5.74. The number of hydrogen-bond acceptors (Lipinski definition) is 4. The lowest BCUT2D eigenvalue weighted by Crippen LogP contribution is -2.39. The SMILES string of the molecule is COC1(c2nc3c(c(C(C)C)n2)CNCC3)CCC1. The maximum atomic E-state index is 5.74. The maximum absolute atomic E-state index is 5.74. The topological polar surface area (TPSA) is 47.0 Å². The smallest absolute Gasteiger partial charge is 0.160 e. The first kappa shape index (κ1) is 13.0. The summed E-state index contributed by atoms with van der Waals surface area (Å²) in [4.78, 5) is 9.72. The van der Waals surface area contributed by atoms with E-state index in [9.17, 15) is 0 Å². The number of ether oxygens (including phenoxy) is 1. The van der Waals surface area contributed by atoms with E-state index >= 15 is 0 Å². The Labute approximate surface area is 115 Å². The zero-order valence-electron chi connectivity index (χ0n) is 12.1. The van der Waals surface area contributed by atoms with Crippen molar-refractivity contribution in [2.24, 2.45) is 0 Å². The number of fused-ring (bicyclic) bond motifs is 1. The summed E-state index contributed by atoms with van der Waals surface area (Å²) in [7, 11) is 1.79. The van der Waals surface area contributed by atoms with Crippen molar-refractivity contribution in [2.45, 2.75) is 57.6 Å². The molecule has 3 rings (SSSR count). The second-order valence-electron chi connectivity index (χ2n) is 5.99. The van der Waals surface area contributed by atoms with Gasteiger partial charge in [-0.3, -0.25) is 0 Å². The highest BCUT2D eigenvalue weighted by Gasteiger charge is 2.42. The first-order valence-corrected chi connectivity index (χ1v) is 7.32. The minimum absolute atomic E-state index is 0.205. The van der Waals surface area contributed by atoms with Gasteiger partial charge in [0.25, 0.3) is 0 Å². The Morgan fingerprint density at radius 3 is 2.63 bits per heavy atom. The van der Waals surface area contributed by atoms with Crippen LogP contribution in [0, 0.1) is 0 Å². The molecule has 0 unspecified atom stereocenters. The van der Waals surface area contributed by atoms with Crippen LogP contribution in [0.15, 0.2) is 0 Å². The zero-order valence-corrected chi connectivity index (χ0v) is 12.1. The first-order valence-electron chi connectivity index (χ1n) is 7.32. The second-order valence-corrected chi connectivity index (χ2v) is 5.99. The fourth-order valence-electron chi connectivity index (χ4n) is 3.07. The number of nitrogens with one attached hydrogen (secondary N) is 1. The van der Waals surface area contributed by atoms with E-state index in [2.05, 4.69) is 19.2 Å². The molecule has 1 aromatic rings. The van der Waals surface area contributed by atoms with Crippen LogP contribution in [-0.2, 0) is 23.3 Å². The van der Waals surface area contributed by atoms with E-state index in [0.29, 0.717) is 5.92 Å². The lowest BCUT2D eigenvalue weighted by molar-refractivity contribution is -0.0850. The summed E-state index contributed by atoms with van der Waals surface area (Å²) in [5, 5.41) is 3.43. The molecular weight excluding hydrogens is 238 g/mol. The first-order chi connectivity index (χ1) is 9.16. The Bertz CT molecular complexity index is 475. The molecule has 0 radical (unpaired) electrons. The Morgan fingerprint density at radius 1 is 1.26 bits per heavy atom. The van der Waals surface area contributed by atoms with Crippen LogP contribution in [0.1, 0.15) is 61.8 Å². The molecule has 1 aliphatic carbocycles. The molecule has 0 bridgehead atoms. The van der Waals surface area contributed by atoms with Crippen molar-refractivity contribution in [2.75, 3.05) is 13.7 Å². The summed E-state index contributed by atoms with van der Waals surface area (Å²) in [6.07, 6.45) is 4.33. The average molecular weight is 261 g/mol. The molecule has 4 heteroatoms. The lowest BCUT2D eigenvalue weighted by atomic mass is 9.79. The number of rotatable bonds is 3. The molecule has 0 aromatic carbocycles. The van der Waals surface area contributed by atoms with Gasteiger partial charge in [0.1, 0.15) is 5.60 Å². The highest BCUT2D eigenvalue weighted by molar-refractivity contribution is 5.31. The second kappa shape index (κ2) is 4.84. The summed E-state index contributed by atoms with van der Waals surface area (Å²) in [5.41, 5.74) is 3.55. The molecule has 104 valence electrons. The molecule has 2 heterocycles. The van der Waals surface area contributed by atoms with Gasteiger partial charge < -0.3 is 10.1 Å². The minimum atomic E-state index is -0.205. The van der Waals surface area contributed by atoms with Crippen molar-refractivity contribution in [1.29, 1.82) is 0 Å². The van der Waals surface area contributed by atoms with E-state index < -0.39 is 0 Å². The Hall–Kier alpha value is -1.00. The average Bonchev–Trinajstić information content (AvgIpc) is 2.37. The van der Waals surface area contributed by atoms with Crippen molar-refractivity contribution in [1.82, 2.24) is 15.3 Å². The predicted molar refractivity (Wildman–Crippen MR) is 74.1 cm³/mol. The monoisotopic (exact) mass is 261 g/mol. The van der Waals surface area contributed by atoms with Gasteiger partial charge in [0.15, 0.2) is 5.82 Å². The molecule has 0 atom stereocenters. The van der Waals surface area contributed by atoms with Crippen LogP contribution in [0.5, 0.6) is 0 Å². The number of methoxy groups -OCH3 is 1. The van der Waals surface area contributed by atoms with Gasteiger partial charge >= 0.3 is 0 Å². The van der Waals surface area contributed by atoms with Crippen LogP contribution in [-0.4, -0.2) is 23.6 Å². The van der Waals surface area contributed by atoms with Crippen LogP contribution in [0.3, 0.4) is 0 Å². The molecule has 1 saturated carbocycles. The molecule has 2 aliphatic rings. The van der Waals surface area contributed by atoms with Crippen LogP contribution < -0.4 is 5.32 Å². The van der Waals surface area contributed by atoms with Crippen molar-refractivity contribution >= 4 is 0 Å². The van der Waals surface area contributed by atoms with E-state index in [4.69, 9.17) is 14.7 Å². The van der Waals surface area contributed by atoms with Gasteiger partial charge in [-0.05, 0) is 25.2 Å². The molecule has 0 saturated heterocycles. The third-order valence-corrected chi connectivity index (χ3v) is 4.47. The van der Waals surface area contributed by atoms with Gasteiger partial charge in [0.2, 0.25) is 0 Å². The third-order valence-electron chi connectivity index (χ3n) is 4.47. The molecule has 0 amide bonds. The van der Waals surface area contributed by atoms with Gasteiger partial charge in [-0.1, -0.05) is 13.8 Å². The molecule has 19 heavy (non-hydrogen) atoms. The van der Waals surface area contributed by atoms with Crippen molar-refractivity contribution < 1.29 is 4.74 Å². The fourth-order valence-corrected chi connectivity index (χ4v) is 3.07. The van der Waals surface area contributed by atoms with Crippen molar-refractivity contribution in [3.05, 3.63) is 22.8 Å². The minimum Gasteiger partial charge on any atom is -0.370 e. The van der Waals surface area contributed by atoms with Gasteiger partial charge in [0.05, 0.1) is 11.4 Å². The lowest BCUT2D eigenvalue weighted by Gasteiger charge is -2.39. The van der Waals surface area contributed by atoms with Crippen LogP contribution in [0.4, 0.5) is 0 Å². The van der Waals surface area contributed by atoms with Gasteiger partial charge in [0, 0.05) is 32.2 Å². The predicted octanol–water partition coefficient (Wildman–Crippen LogP) is 2.27. The summed E-state index contributed by atoms with van der Waals surface area (Å²) in [6.45, 7) is 6.34. The van der Waals surface area contributed by atoms with Crippen molar-refractivity contribution in [3.63, 3.8) is 0 Å². The Balaban J connectivity index is 2.09. The molecule has 4 nitrogen and oxygen atoms in total. The van der Waals surface area contributed by atoms with Crippen molar-refractivity contribution in [3.8, 4) is 0 Å². The molecule has 1 aromatic heterocycles. The molecule has 1 fully saturated rings. The quantitative estimate of drug-likeness (QED) is 0.906. The molecule has 0 spiro atoms. The van der Waals surface area contributed by atoms with Crippen LogP contribution in [0.2, 0.25) is 0 Å². The largest absolute Gasteiger partial charge is 0.370 e. The van der Waals surface area contributed by atoms with Gasteiger partial charge in [-0.2, -0.15) is 0 Å². The highest BCUT2D eigenvalue weighted by atomic mass is 16.5. The van der Waals surface area contributed by atoms with E-state index in [-0.39, 0.29) is 5.60 Å². The summed E-state index contributed by atoms with van der Waals surface area (Å²) in [5.74, 6) is 1.36. The van der Waals surface area contributed by atoms with Gasteiger partial charge in [-0.15, -0.1) is 0 Å². The zero-order chi connectivity index (χ0) is 13.5. The standard InChI is InChI=1S/C15H23N3O/c1-10(2)13-11-9-16-8-5-12(11)17-14(18-13)15(19-3)6-4-7-15/h10,16H,4-9H2,1-3H3. The maximum Gasteiger partial charge on any atom is 0.160 e. The molecular formula is C15H23N3O. The normalized spacial score (nSPS) is 21.1. The number of nitrogens with zero attached hydrogens (tertiary/aromatic N) is 2. The highest BCUT2D eigenvalue weighted by Crippen LogP contribution is 2.43. The van der Waals surface area contributed by atoms with Crippen LogP contribution in [0.25, 0.3) is 0 Å².